The number of halogens is 1. The van der Waals surface area contributed by atoms with Crippen LogP contribution in [-0.4, -0.2) is 27.5 Å². The number of hydrogen-bond donors (Lipinski definition) is 2. The molecule has 1 heterocycles. The highest BCUT2D eigenvalue weighted by molar-refractivity contribution is 9.10. The molecule has 0 aliphatic carbocycles. The van der Waals surface area contributed by atoms with Crippen molar-refractivity contribution in [2.24, 2.45) is 0 Å². The summed E-state index contributed by atoms with van der Waals surface area (Å²) in [5.74, 6) is -0.706. The van der Waals surface area contributed by atoms with E-state index < -0.39 is 5.91 Å². The number of benzene rings is 3. The van der Waals surface area contributed by atoms with Crippen LogP contribution in [0.15, 0.2) is 101 Å². The lowest BCUT2D eigenvalue weighted by Gasteiger charge is -2.09. The lowest BCUT2D eigenvalue weighted by Crippen LogP contribution is -2.42. The molecule has 0 radical (unpaired) electrons. The van der Waals surface area contributed by atoms with E-state index in [9.17, 15) is 9.59 Å². The highest BCUT2D eigenvalue weighted by Gasteiger charge is 2.12. The summed E-state index contributed by atoms with van der Waals surface area (Å²) in [6.45, 7) is 0. The van der Waals surface area contributed by atoms with Gasteiger partial charge in [0.05, 0.1) is 17.1 Å². The Balaban J connectivity index is 1.45. The highest BCUT2D eigenvalue weighted by atomic mass is 79.9. The quantitative estimate of drug-likeness (QED) is 0.210. The maximum absolute atomic E-state index is 12.3. The van der Waals surface area contributed by atoms with E-state index in [0.717, 1.165) is 27.0 Å². The monoisotopic (exact) mass is 518 g/mol. The van der Waals surface area contributed by atoms with Crippen molar-refractivity contribution in [1.29, 1.82) is 0 Å². The summed E-state index contributed by atoms with van der Waals surface area (Å²) < 4.78 is 0.868. The van der Waals surface area contributed by atoms with Crippen LogP contribution >= 0.6 is 27.7 Å². The number of nitrogens with zero attached hydrogens (tertiary/aromatic N) is 2. The fraction of sp³-hybridized carbons (Fsp3) is 0.0400. The number of nitrogens with one attached hydrogen (secondary N) is 2. The molecular formula is C25H19BrN4O2S. The second kappa shape index (κ2) is 10.9. The summed E-state index contributed by atoms with van der Waals surface area (Å²) in [6, 6.07) is 28.4. The predicted molar refractivity (Wildman–Crippen MR) is 133 cm³/mol. The molecule has 3 aromatic carbocycles. The largest absolute Gasteiger partial charge is 0.272 e. The summed E-state index contributed by atoms with van der Waals surface area (Å²) in [5, 5.41) is 0.476. The molecule has 2 amide bonds. The van der Waals surface area contributed by atoms with Gasteiger partial charge in [0.2, 0.25) is 5.91 Å². The van der Waals surface area contributed by atoms with Gasteiger partial charge in [-0.3, -0.25) is 20.4 Å². The minimum absolute atomic E-state index is 0.0487. The summed E-state index contributed by atoms with van der Waals surface area (Å²) in [5.41, 5.74) is 8.77. The maximum atomic E-state index is 12.3. The molecule has 4 rings (SSSR count). The van der Waals surface area contributed by atoms with Crippen LogP contribution in [0.25, 0.3) is 22.5 Å². The van der Waals surface area contributed by atoms with E-state index in [1.54, 1.807) is 24.3 Å². The van der Waals surface area contributed by atoms with Crippen molar-refractivity contribution in [3.05, 3.63) is 101 Å². The molecule has 0 aliphatic heterocycles. The van der Waals surface area contributed by atoms with Crippen molar-refractivity contribution in [3.63, 3.8) is 0 Å². The van der Waals surface area contributed by atoms with Crippen molar-refractivity contribution >= 4 is 39.5 Å². The second-order valence-electron chi connectivity index (χ2n) is 6.95. The van der Waals surface area contributed by atoms with Gasteiger partial charge in [-0.1, -0.05) is 88.4 Å². The molecule has 0 fully saturated rings. The first-order valence-electron chi connectivity index (χ1n) is 10.1. The number of amides is 2. The van der Waals surface area contributed by atoms with Crippen LogP contribution in [0.4, 0.5) is 0 Å². The fourth-order valence-electron chi connectivity index (χ4n) is 2.97. The molecule has 8 heteroatoms. The lowest BCUT2D eigenvalue weighted by molar-refractivity contribution is -0.119. The molecule has 0 saturated heterocycles. The van der Waals surface area contributed by atoms with E-state index in [1.165, 1.54) is 11.8 Å². The topological polar surface area (TPSA) is 84.0 Å². The second-order valence-corrected chi connectivity index (χ2v) is 8.81. The molecule has 0 saturated carbocycles. The number of rotatable bonds is 6. The molecule has 2 N–H and O–H groups in total. The summed E-state index contributed by atoms with van der Waals surface area (Å²) >= 11 is 4.53. The maximum Gasteiger partial charge on any atom is 0.269 e. The van der Waals surface area contributed by atoms with E-state index in [-0.39, 0.29) is 11.7 Å². The van der Waals surface area contributed by atoms with Crippen LogP contribution in [0.2, 0.25) is 0 Å². The molecule has 0 spiro atoms. The van der Waals surface area contributed by atoms with Gasteiger partial charge >= 0.3 is 0 Å². The molecule has 33 heavy (non-hydrogen) atoms. The Morgan fingerprint density at radius 1 is 0.758 bits per heavy atom. The molecule has 164 valence electrons. The highest BCUT2D eigenvalue weighted by Crippen LogP contribution is 2.26. The number of thioether (sulfide) groups is 1. The van der Waals surface area contributed by atoms with E-state index in [0.29, 0.717) is 10.7 Å². The lowest BCUT2D eigenvalue weighted by atomic mass is 10.1. The first kappa shape index (κ1) is 22.7. The third-order valence-corrected chi connectivity index (χ3v) is 5.97. The average molecular weight is 519 g/mol. The Labute approximate surface area is 204 Å². The third-order valence-electron chi connectivity index (χ3n) is 4.60. The number of carbonyl (C=O) groups is 2. The van der Waals surface area contributed by atoms with Crippen molar-refractivity contribution in [3.8, 4) is 22.5 Å². The predicted octanol–water partition coefficient (Wildman–Crippen LogP) is 5.13. The SMILES string of the molecule is O=C(CSc1nc(-c2ccccc2)cc(-c2ccccc2)n1)NNC(=O)c1ccc(Br)cc1. The van der Waals surface area contributed by atoms with Crippen LogP contribution in [-0.2, 0) is 4.79 Å². The van der Waals surface area contributed by atoms with Gasteiger partial charge in [0.25, 0.3) is 5.91 Å². The molecular weight excluding hydrogens is 500 g/mol. The summed E-state index contributed by atoms with van der Waals surface area (Å²) in [7, 11) is 0. The average Bonchev–Trinajstić information content (AvgIpc) is 2.87. The Morgan fingerprint density at radius 3 is 1.85 bits per heavy atom. The molecule has 0 bridgehead atoms. The van der Waals surface area contributed by atoms with Crippen molar-refractivity contribution in [2.75, 3.05) is 5.75 Å². The van der Waals surface area contributed by atoms with E-state index in [1.807, 2.05) is 66.7 Å². The molecule has 4 aromatic rings. The fourth-order valence-corrected chi connectivity index (χ4v) is 3.89. The van der Waals surface area contributed by atoms with Crippen LogP contribution in [0, 0.1) is 0 Å². The molecule has 6 nitrogen and oxygen atoms in total. The zero-order valence-electron chi connectivity index (χ0n) is 17.4. The van der Waals surface area contributed by atoms with Crippen LogP contribution in [0.3, 0.4) is 0 Å². The first-order chi connectivity index (χ1) is 16.1. The van der Waals surface area contributed by atoms with Gasteiger partial charge in [0, 0.05) is 21.2 Å². The summed E-state index contributed by atoms with van der Waals surface area (Å²) in [6.07, 6.45) is 0. The Morgan fingerprint density at radius 2 is 1.30 bits per heavy atom. The normalized spacial score (nSPS) is 10.5. The van der Waals surface area contributed by atoms with Crippen molar-refractivity contribution in [2.45, 2.75) is 5.16 Å². The molecule has 0 atom stereocenters. The Hall–Kier alpha value is -3.49. The zero-order chi connectivity index (χ0) is 23.0. The molecule has 1 aromatic heterocycles. The van der Waals surface area contributed by atoms with Gasteiger partial charge in [0.15, 0.2) is 5.16 Å². The van der Waals surface area contributed by atoms with Gasteiger partial charge < -0.3 is 0 Å². The first-order valence-corrected chi connectivity index (χ1v) is 11.8. The smallest absolute Gasteiger partial charge is 0.269 e. The number of hydrazine groups is 1. The minimum Gasteiger partial charge on any atom is -0.272 e. The van der Waals surface area contributed by atoms with Crippen LogP contribution < -0.4 is 10.9 Å². The third kappa shape index (κ3) is 6.27. The van der Waals surface area contributed by atoms with Crippen LogP contribution in [0.5, 0.6) is 0 Å². The standard InChI is InChI=1S/C25H19BrN4O2S/c26-20-13-11-19(12-14-20)24(32)30-29-23(31)16-33-25-27-21(17-7-3-1-4-8-17)15-22(28-25)18-9-5-2-6-10-18/h1-15H,16H2,(H,29,31)(H,30,32). The van der Waals surface area contributed by atoms with Crippen LogP contribution in [0.1, 0.15) is 10.4 Å². The van der Waals surface area contributed by atoms with Crippen molar-refractivity contribution in [1.82, 2.24) is 20.8 Å². The Bertz CT molecular complexity index is 1190. The number of carbonyl (C=O) groups excluding carboxylic acids is 2. The molecule has 0 unspecified atom stereocenters. The zero-order valence-corrected chi connectivity index (χ0v) is 19.8. The van der Waals surface area contributed by atoms with E-state index >= 15 is 0 Å². The molecule has 0 aliphatic rings. The minimum atomic E-state index is -0.394. The van der Waals surface area contributed by atoms with Gasteiger partial charge in [0.1, 0.15) is 0 Å². The van der Waals surface area contributed by atoms with Gasteiger partial charge in [-0.25, -0.2) is 9.97 Å². The van der Waals surface area contributed by atoms with Gasteiger partial charge in [-0.2, -0.15) is 0 Å². The number of hydrogen-bond acceptors (Lipinski definition) is 5. The van der Waals surface area contributed by atoms with Crippen molar-refractivity contribution < 1.29 is 9.59 Å². The van der Waals surface area contributed by atoms with Gasteiger partial charge in [-0.15, -0.1) is 0 Å². The Kier molecular flexibility index (Phi) is 7.49. The van der Waals surface area contributed by atoms with E-state index in [4.69, 9.17) is 0 Å². The number of aromatic nitrogens is 2. The van der Waals surface area contributed by atoms with E-state index in [2.05, 4.69) is 36.7 Å². The van der Waals surface area contributed by atoms with Gasteiger partial charge in [-0.05, 0) is 30.3 Å². The summed E-state index contributed by atoms with van der Waals surface area (Å²) in [4.78, 5) is 33.7.